The highest BCUT2D eigenvalue weighted by Crippen LogP contribution is 2.29. The Balaban J connectivity index is 2.01. The van der Waals surface area contributed by atoms with Gasteiger partial charge in [-0.25, -0.2) is 13.4 Å². The van der Waals surface area contributed by atoms with Crippen molar-refractivity contribution in [1.82, 2.24) is 10.3 Å². The molecule has 0 aromatic carbocycles. The van der Waals surface area contributed by atoms with Gasteiger partial charge in [-0.2, -0.15) is 0 Å². The lowest BCUT2D eigenvalue weighted by molar-refractivity contribution is 0.577. The first-order chi connectivity index (χ1) is 9.43. The average molecular weight is 317 g/mol. The van der Waals surface area contributed by atoms with Gasteiger partial charge in [-0.1, -0.05) is 6.92 Å². The summed E-state index contributed by atoms with van der Waals surface area (Å²) in [7, 11) is -0.904. The first-order valence-corrected chi connectivity index (χ1v) is 9.69. The zero-order chi connectivity index (χ0) is 14.8. The van der Waals surface area contributed by atoms with Gasteiger partial charge in [0.25, 0.3) is 0 Å². The molecule has 1 N–H and O–H groups in total. The van der Waals surface area contributed by atoms with E-state index in [4.69, 9.17) is 0 Å². The van der Waals surface area contributed by atoms with Crippen LogP contribution in [-0.2, 0) is 9.84 Å². The van der Waals surface area contributed by atoms with E-state index in [0.29, 0.717) is 18.2 Å². The van der Waals surface area contributed by atoms with Crippen LogP contribution >= 0.6 is 11.3 Å². The zero-order valence-electron chi connectivity index (χ0n) is 12.3. The van der Waals surface area contributed by atoms with Gasteiger partial charge in [0.15, 0.2) is 15.0 Å². The van der Waals surface area contributed by atoms with E-state index in [0.717, 1.165) is 18.1 Å². The molecule has 0 amide bonds. The smallest absolute Gasteiger partial charge is 0.185 e. The highest BCUT2D eigenvalue weighted by Gasteiger charge is 2.31. The Morgan fingerprint density at radius 1 is 1.60 bits per heavy atom. The third-order valence-electron chi connectivity index (χ3n) is 3.70. The molecule has 2 atom stereocenters. The fraction of sp³-hybridized carbons (Fsp3) is 0.769. The predicted molar refractivity (Wildman–Crippen MR) is 84.3 cm³/mol. The molecule has 1 fully saturated rings. The van der Waals surface area contributed by atoms with E-state index in [2.05, 4.69) is 24.1 Å². The maximum Gasteiger partial charge on any atom is 0.185 e. The van der Waals surface area contributed by atoms with E-state index < -0.39 is 9.84 Å². The van der Waals surface area contributed by atoms with Crippen molar-refractivity contribution >= 4 is 26.3 Å². The van der Waals surface area contributed by atoms with Crippen LogP contribution < -0.4 is 10.2 Å². The Labute approximate surface area is 125 Å². The summed E-state index contributed by atoms with van der Waals surface area (Å²) in [5.41, 5.74) is 0. The molecule has 0 aliphatic carbocycles. The molecule has 7 heteroatoms. The SMILES string of the molecule is CCCNC(C)c1cnc(N(C)C2CCS(=O)(=O)C2)s1. The van der Waals surface area contributed by atoms with E-state index in [9.17, 15) is 8.42 Å². The molecule has 20 heavy (non-hydrogen) atoms. The minimum atomic E-state index is -2.85. The number of hydrogen-bond acceptors (Lipinski definition) is 6. The second kappa shape index (κ2) is 6.41. The molecule has 5 nitrogen and oxygen atoms in total. The van der Waals surface area contributed by atoms with E-state index in [1.165, 1.54) is 4.88 Å². The molecule has 114 valence electrons. The van der Waals surface area contributed by atoms with E-state index in [1.54, 1.807) is 11.3 Å². The van der Waals surface area contributed by atoms with Crippen molar-refractivity contribution in [2.45, 2.75) is 38.8 Å². The van der Waals surface area contributed by atoms with Gasteiger partial charge in [0.1, 0.15) is 0 Å². The molecule has 1 aliphatic rings. The van der Waals surface area contributed by atoms with Crippen LogP contribution in [0, 0.1) is 0 Å². The van der Waals surface area contributed by atoms with Gasteiger partial charge in [0, 0.05) is 30.2 Å². The predicted octanol–water partition coefficient (Wildman–Crippen LogP) is 1.83. The van der Waals surface area contributed by atoms with Crippen LogP contribution in [-0.4, -0.2) is 44.5 Å². The molecule has 2 rings (SSSR count). The highest BCUT2D eigenvalue weighted by molar-refractivity contribution is 7.91. The van der Waals surface area contributed by atoms with Crippen molar-refractivity contribution in [2.75, 3.05) is 30.0 Å². The number of rotatable bonds is 6. The summed E-state index contributed by atoms with van der Waals surface area (Å²) in [6.45, 7) is 5.27. The van der Waals surface area contributed by atoms with Crippen molar-refractivity contribution in [3.8, 4) is 0 Å². The van der Waals surface area contributed by atoms with Crippen molar-refractivity contribution < 1.29 is 8.42 Å². The molecule has 2 unspecified atom stereocenters. The van der Waals surface area contributed by atoms with Crippen molar-refractivity contribution in [3.05, 3.63) is 11.1 Å². The van der Waals surface area contributed by atoms with Gasteiger partial charge in [-0.3, -0.25) is 0 Å². The summed E-state index contributed by atoms with van der Waals surface area (Å²) >= 11 is 1.64. The first kappa shape index (κ1) is 15.7. The molecule has 0 bridgehead atoms. The summed E-state index contributed by atoms with van der Waals surface area (Å²) in [5, 5.41) is 4.35. The highest BCUT2D eigenvalue weighted by atomic mass is 32.2. The van der Waals surface area contributed by atoms with E-state index in [-0.39, 0.29) is 11.8 Å². The van der Waals surface area contributed by atoms with Crippen molar-refractivity contribution in [1.29, 1.82) is 0 Å². The van der Waals surface area contributed by atoms with Gasteiger partial charge in [-0.05, 0) is 26.3 Å². The molecule has 2 heterocycles. The summed E-state index contributed by atoms with van der Waals surface area (Å²) in [4.78, 5) is 7.66. The number of aromatic nitrogens is 1. The summed E-state index contributed by atoms with van der Waals surface area (Å²) in [5.74, 6) is 0.552. The van der Waals surface area contributed by atoms with Crippen LogP contribution in [0.5, 0.6) is 0 Å². The molecule has 1 aromatic heterocycles. The number of hydrogen-bond donors (Lipinski definition) is 1. The Morgan fingerprint density at radius 2 is 2.35 bits per heavy atom. The molecule has 1 aliphatic heterocycles. The Kier molecular flexibility index (Phi) is 5.04. The first-order valence-electron chi connectivity index (χ1n) is 7.05. The average Bonchev–Trinajstić information content (AvgIpc) is 3.01. The molecule has 1 saturated heterocycles. The number of anilines is 1. The second-order valence-corrected chi connectivity index (χ2v) is 8.66. The molecular formula is C13H23N3O2S2. The van der Waals surface area contributed by atoms with Crippen LogP contribution in [0.1, 0.15) is 37.6 Å². The lowest BCUT2D eigenvalue weighted by Crippen LogP contribution is -2.32. The summed E-state index contributed by atoms with van der Waals surface area (Å²) < 4.78 is 23.1. The van der Waals surface area contributed by atoms with Crippen molar-refractivity contribution in [2.24, 2.45) is 0 Å². The van der Waals surface area contributed by atoms with Crippen LogP contribution in [0.3, 0.4) is 0 Å². The van der Waals surface area contributed by atoms with Crippen LogP contribution in [0.2, 0.25) is 0 Å². The standard InChI is InChI=1S/C13H23N3O2S2/c1-4-6-14-10(2)12-8-15-13(19-12)16(3)11-5-7-20(17,18)9-11/h8,10-11,14H,4-7,9H2,1-3H3. The minimum absolute atomic E-state index is 0.0675. The van der Waals surface area contributed by atoms with Crippen LogP contribution in [0.15, 0.2) is 6.20 Å². The molecule has 0 saturated carbocycles. The zero-order valence-corrected chi connectivity index (χ0v) is 13.9. The topological polar surface area (TPSA) is 62.3 Å². The fourth-order valence-electron chi connectivity index (χ4n) is 2.34. The fourth-order valence-corrected chi connectivity index (χ4v) is 5.09. The van der Waals surface area contributed by atoms with E-state index >= 15 is 0 Å². The maximum absolute atomic E-state index is 11.6. The summed E-state index contributed by atoms with van der Waals surface area (Å²) in [6, 6.07) is 0.361. The second-order valence-electron chi connectivity index (χ2n) is 5.39. The molecule has 0 spiro atoms. The third kappa shape index (κ3) is 3.71. The number of nitrogens with one attached hydrogen (secondary N) is 1. The minimum Gasteiger partial charge on any atom is -0.347 e. The lowest BCUT2D eigenvalue weighted by Gasteiger charge is -2.22. The monoisotopic (exact) mass is 317 g/mol. The number of sulfone groups is 1. The number of nitrogens with zero attached hydrogens (tertiary/aromatic N) is 2. The molecule has 0 radical (unpaired) electrons. The Hall–Kier alpha value is -0.660. The Morgan fingerprint density at radius 3 is 2.95 bits per heavy atom. The van der Waals surface area contributed by atoms with Gasteiger partial charge in [0.2, 0.25) is 0 Å². The molecular weight excluding hydrogens is 294 g/mol. The van der Waals surface area contributed by atoms with Crippen LogP contribution in [0.25, 0.3) is 0 Å². The summed E-state index contributed by atoms with van der Waals surface area (Å²) in [6.07, 6.45) is 3.71. The Bertz CT molecular complexity index is 542. The van der Waals surface area contributed by atoms with E-state index in [1.807, 2.05) is 18.1 Å². The third-order valence-corrected chi connectivity index (χ3v) is 6.72. The molecule has 1 aromatic rings. The largest absolute Gasteiger partial charge is 0.347 e. The quantitative estimate of drug-likeness (QED) is 0.867. The maximum atomic E-state index is 11.6. The van der Waals surface area contributed by atoms with Crippen LogP contribution in [0.4, 0.5) is 5.13 Å². The lowest BCUT2D eigenvalue weighted by atomic mass is 10.2. The van der Waals surface area contributed by atoms with Gasteiger partial charge in [0.05, 0.1) is 11.5 Å². The van der Waals surface area contributed by atoms with Gasteiger partial charge >= 0.3 is 0 Å². The number of thiazole rings is 1. The van der Waals surface area contributed by atoms with Gasteiger partial charge < -0.3 is 10.2 Å². The van der Waals surface area contributed by atoms with Gasteiger partial charge in [-0.15, -0.1) is 11.3 Å². The normalized spacial score (nSPS) is 22.9. The van der Waals surface area contributed by atoms with Crippen molar-refractivity contribution in [3.63, 3.8) is 0 Å².